The van der Waals surface area contributed by atoms with Crippen LogP contribution < -0.4 is 0 Å². The zero-order valence-corrected chi connectivity index (χ0v) is 15.6. The van der Waals surface area contributed by atoms with E-state index in [9.17, 15) is 4.79 Å². The second-order valence-corrected chi connectivity index (χ2v) is 6.77. The number of carbonyl (C=O) groups is 1. The van der Waals surface area contributed by atoms with Crippen LogP contribution in [0.4, 0.5) is 0 Å². The maximum Gasteiger partial charge on any atom is 0.162 e. The number of hydrogen-bond donors (Lipinski definition) is 0. The first-order valence-electron chi connectivity index (χ1n) is 9.72. The molecule has 0 aliphatic heterocycles. The van der Waals surface area contributed by atoms with Gasteiger partial charge in [-0.1, -0.05) is 61.2 Å². The Hall–Kier alpha value is -2.82. The molecular formula is C22H26N4O. The number of aryl methyl sites for hydroxylation is 1. The summed E-state index contributed by atoms with van der Waals surface area (Å²) in [4.78, 5) is 16.1. The molecule has 3 aromatic rings. The van der Waals surface area contributed by atoms with E-state index in [1.807, 2.05) is 53.3 Å². The van der Waals surface area contributed by atoms with Gasteiger partial charge in [-0.05, 0) is 25.0 Å². The Kier molecular flexibility index (Phi) is 7.27. The molecule has 0 bridgehead atoms. The Labute approximate surface area is 160 Å². The molecule has 3 rings (SSSR count). The summed E-state index contributed by atoms with van der Waals surface area (Å²) >= 11 is 0. The van der Waals surface area contributed by atoms with Crippen LogP contribution in [-0.4, -0.2) is 25.8 Å². The van der Waals surface area contributed by atoms with Crippen LogP contribution in [0.25, 0.3) is 11.3 Å². The molecule has 0 atom stereocenters. The summed E-state index contributed by atoms with van der Waals surface area (Å²) < 4.78 is 1.90. The fourth-order valence-electron chi connectivity index (χ4n) is 3.09. The number of benzene rings is 1. The quantitative estimate of drug-likeness (QED) is 0.357. The van der Waals surface area contributed by atoms with E-state index < -0.39 is 0 Å². The first kappa shape index (κ1) is 19.0. The number of rotatable bonds is 11. The summed E-state index contributed by atoms with van der Waals surface area (Å²) in [6.07, 6.45) is 12.9. The molecule has 0 amide bonds. The fourth-order valence-corrected chi connectivity index (χ4v) is 3.09. The summed E-state index contributed by atoms with van der Waals surface area (Å²) in [5, 5.41) is 8.40. The van der Waals surface area contributed by atoms with Crippen LogP contribution in [0, 0.1) is 0 Å². The largest absolute Gasteiger partial charge is 0.294 e. The minimum atomic E-state index is 0.256. The highest BCUT2D eigenvalue weighted by Gasteiger charge is 2.05. The lowest BCUT2D eigenvalue weighted by molar-refractivity contribution is 0.0979. The Morgan fingerprint density at radius 3 is 2.44 bits per heavy atom. The predicted octanol–water partition coefficient (Wildman–Crippen LogP) is 4.95. The van der Waals surface area contributed by atoms with Gasteiger partial charge >= 0.3 is 0 Å². The summed E-state index contributed by atoms with van der Waals surface area (Å²) in [5.74, 6) is 0.256. The van der Waals surface area contributed by atoms with E-state index in [4.69, 9.17) is 0 Å². The normalized spacial score (nSPS) is 10.8. The first-order chi connectivity index (χ1) is 13.3. The van der Waals surface area contributed by atoms with E-state index in [1.54, 1.807) is 12.4 Å². The minimum absolute atomic E-state index is 0.256. The van der Waals surface area contributed by atoms with Crippen LogP contribution >= 0.6 is 0 Å². The van der Waals surface area contributed by atoms with Crippen molar-refractivity contribution >= 4 is 5.78 Å². The Balaban J connectivity index is 1.25. The van der Waals surface area contributed by atoms with Gasteiger partial charge in [-0.15, -0.1) is 5.10 Å². The lowest BCUT2D eigenvalue weighted by Crippen LogP contribution is -1.99. The Morgan fingerprint density at radius 1 is 0.889 bits per heavy atom. The van der Waals surface area contributed by atoms with Crippen molar-refractivity contribution in [3.8, 4) is 11.3 Å². The second-order valence-electron chi connectivity index (χ2n) is 6.77. The highest BCUT2D eigenvalue weighted by atomic mass is 16.1. The third-order valence-electron chi connectivity index (χ3n) is 4.63. The van der Waals surface area contributed by atoms with Crippen LogP contribution in [0.3, 0.4) is 0 Å². The van der Waals surface area contributed by atoms with Crippen LogP contribution in [0.2, 0.25) is 0 Å². The number of Topliss-reactive ketones (excluding diaryl/α,β-unsaturated/α-hetero) is 1. The van der Waals surface area contributed by atoms with Gasteiger partial charge in [0.05, 0.1) is 6.20 Å². The zero-order valence-electron chi connectivity index (χ0n) is 15.6. The zero-order chi connectivity index (χ0) is 18.7. The molecule has 0 aliphatic carbocycles. The SMILES string of the molecule is O=C(CCCCCCCCn1cc(-c2cccnc2)nn1)c1ccccc1. The van der Waals surface area contributed by atoms with Crippen molar-refractivity contribution < 1.29 is 4.79 Å². The van der Waals surface area contributed by atoms with Crippen LogP contribution in [0.15, 0.2) is 61.1 Å². The van der Waals surface area contributed by atoms with Crippen LogP contribution in [-0.2, 0) is 6.54 Å². The monoisotopic (exact) mass is 362 g/mol. The van der Waals surface area contributed by atoms with Crippen LogP contribution in [0.5, 0.6) is 0 Å². The van der Waals surface area contributed by atoms with Gasteiger partial charge in [-0.2, -0.15) is 0 Å². The fraction of sp³-hybridized carbons (Fsp3) is 0.364. The molecule has 27 heavy (non-hydrogen) atoms. The van der Waals surface area contributed by atoms with E-state index in [0.717, 1.165) is 42.6 Å². The molecule has 2 aromatic heterocycles. The number of unbranched alkanes of at least 4 members (excludes halogenated alkanes) is 5. The molecule has 0 N–H and O–H groups in total. The molecule has 0 unspecified atom stereocenters. The van der Waals surface area contributed by atoms with E-state index in [0.29, 0.717) is 6.42 Å². The highest BCUT2D eigenvalue weighted by molar-refractivity contribution is 5.95. The predicted molar refractivity (Wildman–Crippen MR) is 106 cm³/mol. The van der Waals surface area contributed by atoms with E-state index in [1.165, 1.54) is 19.3 Å². The molecule has 2 heterocycles. The third kappa shape index (κ3) is 6.13. The minimum Gasteiger partial charge on any atom is -0.294 e. The third-order valence-corrected chi connectivity index (χ3v) is 4.63. The smallest absolute Gasteiger partial charge is 0.162 e. The van der Waals surface area contributed by atoms with Gasteiger partial charge in [0.25, 0.3) is 0 Å². The van der Waals surface area contributed by atoms with Gasteiger partial charge in [0.15, 0.2) is 5.78 Å². The lowest BCUT2D eigenvalue weighted by atomic mass is 10.0. The Bertz CT molecular complexity index is 815. The second kappa shape index (κ2) is 10.4. The van der Waals surface area contributed by atoms with Crippen molar-refractivity contribution in [2.24, 2.45) is 0 Å². The van der Waals surface area contributed by atoms with Gasteiger partial charge in [-0.3, -0.25) is 14.5 Å². The summed E-state index contributed by atoms with van der Waals surface area (Å²) in [6.45, 7) is 0.889. The summed E-state index contributed by atoms with van der Waals surface area (Å²) in [6, 6.07) is 13.5. The number of ketones is 1. The van der Waals surface area contributed by atoms with Crippen molar-refractivity contribution in [2.45, 2.75) is 51.5 Å². The van der Waals surface area contributed by atoms with Gasteiger partial charge < -0.3 is 0 Å². The molecule has 5 heteroatoms. The van der Waals surface area contributed by atoms with Crippen molar-refractivity contribution in [3.63, 3.8) is 0 Å². The first-order valence-corrected chi connectivity index (χ1v) is 9.72. The number of hydrogen-bond acceptors (Lipinski definition) is 4. The standard InChI is InChI=1S/C22H26N4O/c27-22(19-11-6-5-7-12-19)14-8-3-1-2-4-9-16-26-18-21(24-25-26)20-13-10-15-23-17-20/h5-7,10-13,15,17-18H,1-4,8-9,14,16H2. The van der Waals surface area contributed by atoms with Gasteiger partial charge in [0.2, 0.25) is 0 Å². The Morgan fingerprint density at radius 2 is 1.67 bits per heavy atom. The molecule has 1 aromatic carbocycles. The number of nitrogens with zero attached hydrogens (tertiary/aromatic N) is 4. The summed E-state index contributed by atoms with van der Waals surface area (Å²) in [5.41, 5.74) is 2.69. The molecule has 0 saturated carbocycles. The van der Waals surface area contributed by atoms with Crippen LogP contribution in [0.1, 0.15) is 55.3 Å². The number of pyridine rings is 1. The average molecular weight is 362 g/mol. The number of aromatic nitrogens is 4. The van der Waals surface area contributed by atoms with Crippen molar-refractivity contribution in [1.82, 2.24) is 20.0 Å². The molecule has 0 aliphatic rings. The van der Waals surface area contributed by atoms with E-state index >= 15 is 0 Å². The average Bonchev–Trinajstić information content (AvgIpc) is 3.20. The van der Waals surface area contributed by atoms with Crippen molar-refractivity contribution in [2.75, 3.05) is 0 Å². The topological polar surface area (TPSA) is 60.7 Å². The molecule has 140 valence electrons. The van der Waals surface area contributed by atoms with Gasteiger partial charge in [-0.25, -0.2) is 0 Å². The maximum atomic E-state index is 12.0. The molecule has 0 spiro atoms. The molecular weight excluding hydrogens is 336 g/mol. The molecule has 0 fully saturated rings. The molecule has 0 radical (unpaired) electrons. The lowest BCUT2D eigenvalue weighted by Gasteiger charge is -2.03. The van der Waals surface area contributed by atoms with E-state index in [2.05, 4.69) is 15.3 Å². The molecule has 5 nitrogen and oxygen atoms in total. The summed E-state index contributed by atoms with van der Waals surface area (Å²) in [7, 11) is 0. The number of carbonyl (C=O) groups excluding carboxylic acids is 1. The van der Waals surface area contributed by atoms with Gasteiger partial charge in [0, 0.05) is 36.5 Å². The van der Waals surface area contributed by atoms with Gasteiger partial charge in [0.1, 0.15) is 5.69 Å². The van der Waals surface area contributed by atoms with Crippen molar-refractivity contribution in [1.29, 1.82) is 0 Å². The van der Waals surface area contributed by atoms with Crippen molar-refractivity contribution in [3.05, 3.63) is 66.6 Å². The van der Waals surface area contributed by atoms with E-state index in [-0.39, 0.29) is 5.78 Å². The highest BCUT2D eigenvalue weighted by Crippen LogP contribution is 2.14. The molecule has 0 saturated heterocycles. The maximum absolute atomic E-state index is 12.0.